The number of amides is 1. The zero-order valence-corrected chi connectivity index (χ0v) is 10.4. The second kappa shape index (κ2) is 5.75. The SMILES string of the molecule is COc1ccc(C(=O)NCC(C)Br)cc1. The van der Waals surface area contributed by atoms with Gasteiger partial charge in [0, 0.05) is 16.9 Å². The van der Waals surface area contributed by atoms with Crippen molar-refractivity contribution in [2.24, 2.45) is 0 Å². The quantitative estimate of drug-likeness (QED) is 0.853. The standard InChI is InChI=1S/C11H14BrNO2/c1-8(12)7-13-11(14)9-3-5-10(15-2)6-4-9/h3-6,8H,7H2,1-2H3,(H,13,14). The van der Waals surface area contributed by atoms with E-state index in [1.807, 2.05) is 6.92 Å². The van der Waals surface area contributed by atoms with Crippen LogP contribution in [0.2, 0.25) is 0 Å². The molecule has 1 unspecified atom stereocenters. The molecule has 0 aliphatic heterocycles. The Labute approximate surface area is 97.9 Å². The molecule has 0 spiro atoms. The van der Waals surface area contributed by atoms with E-state index in [4.69, 9.17) is 4.74 Å². The van der Waals surface area contributed by atoms with Crippen LogP contribution in [0.4, 0.5) is 0 Å². The van der Waals surface area contributed by atoms with Gasteiger partial charge in [0.2, 0.25) is 0 Å². The molecule has 0 saturated heterocycles. The summed E-state index contributed by atoms with van der Waals surface area (Å²) in [5.41, 5.74) is 0.643. The number of rotatable bonds is 4. The molecular formula is C11H14BrNO2. The molecule has 4 heteroatoms. The summed E-state index contributed by atoms with van der Waals surface area (Å²) in [7, 11) is 1.60. The van der Waals surface area contributed by atoms with E-state index in [-0.39, 0.29) is 10.7 Å². The molecule has 0 aliphatic rings. The molecule has 1 atom stereocenters. The van der Waals surface area contributed by atoms with E-state index in [1.165, 1.54) is 0 Å². The maximum absolute atomic E-state index is 11.6. The molecule has 0 saturated carbocycles. The van der Waals surface area contributed by atoms with E-state index in [0.29, 0.717) is 12.1 Å². The topological polar surface area (TPSA) is 38.3 Å². The van der Waals surface area contributed by atoms with Gasteiger partial charge in [-0.1, -0.05) is 22.9 Å². The molecule has 0 fully saturated rings. The van der Waals surface area contributed by atoms with Crippen LogP contribution < -0.4 is 10.1 Å². The van der Waals surface area contributed by atoms with Crippen LogP contribution >= 0.6 is 15.9 Å². The second-order valence-electron chi connectivity index (χ2n) is 3.22. The Bertz CT molecular complexity index is 322. The summed E-state index contributed by atoms with van der Waals surface area (Å²) in [6.45, 7) is 2.60. The average molecular weight is 272 g/mol. The van der Waals surface area contributed by atoms with Crippen LogP contribution in [-0.4, -0.2) is 24.4 Å². The summed E-state index contributed by atoms with van der Waals surface area (Å²) < 4.78 is 5.01. The molecule has 3 nitrogen and oxygen atoms in total. The number of hydrogen-bond donors (Lipinski definition) is 1. The van der Waals surface area contributed by atoms with E-state index in [9.17, 15) is 4.79 Å². The predicted octanol–water partition coefficient (Wildman–Crippen LogP) is 2.21. The van der Waals surface area contributed by atoms with Crippen molar-refractivity contribution >= 4 is 21.8 Å². The van der Waals surface area contributed by atoms with Gasteiger partial charge in [0.25, 0.3) is 5.91 Å². The number of hydrogen-bond acceptors (Lipinski definition) is 2. The van der Waals surface area contributed by atoms with Gasteiger partial charge in [-0.2, -0.15) is 0 Å². The lowest BCUT2D eigenvalue weighted by molar-refractivity contribution is 0.0954. The van der Waals surface area contributed by atoms with E-state index in [1.54, 1.807) is 31.4 Å². The molecule has 1 amide bonds. The fourth-order valence-corrected chi connectivity index (χ4v) is 1.24. The zero-order valence-electron chi connectivity index (χ0n) is 8.79. The lowest BCUT2D eigenvalue weighted by atomic mass is 10.2. The van der Waals surface area contributed by atoms with Crippen LogP contribution in [0, 0.1) is 0 Å². The minimum absolute atomic E-state index is 0.0658. The lowest BCUT2D eigenvalue weighted by Gasteiger charge is -2.07. The highest BCUT2D eigenvalue weighted by Crippen LogP contribution is 2.11. The second-order valence-corrected chi connectivity index (χ2v) is 4.78. The summed E-state index contributed by atoms with van der Waals surface area (Å²) in [6.07, 6.45) is 0. The van der Waals surface area contributed by atoms with Crippen molar-refractivity contribution in [1.82, 2.24) is 5.32 Å². The highest BCUT2D eigenvalue weighted by Gasteiger charge is 2.05. The Morgan fingerprint density at radius 2 is 2.07 bits per heavy atom. The number of methoxy groups -OCH3 is 1. The molecule has 0 aliphatic carbocycles. The van der Waals surface area contributed by atoms with Crippen LogP contribution in [-0.2, 0) is 0 Å². The van der Waals surface area contributed by atoms with E-state index in [0.717, 1.165) is 5.75 Å². The van der Waals surface area contributed by atoms with Crippen LogP contribution in [0.15, 0.2) is 24.3 Å². The van der Waals surface area contributed by atoms with Crippen molar-refractivity contribution in [1.29, 1.82) is 0 Å². The van der Waals surface area contributed by atoms with Gasteiger partial charge in [0.15, 0.2) is 0 Å². The third-order valence-electron chi connectivity index (χ3n) is 1.90. The van der Waals surface area contributed by atoms with Crippen molar-refractivity contribution in [3.8, 4) is 5.75 Å². The fraction of sp³-hybridized carbons (Fsp3) is 0.364. The highest BCUT2D eigenvalue weighted by molar-refractivity contribution is 9.09. The molecule has 1 N–H and O–H groups in total. The van der Waals surface area contributed by atoms with Crippen LogP contribution in [0.1, 0.15) is 17.3 Å². The molecule has 0 heterocycles. The van der Waals surface area contributed by atoms with Crippen molar-refractivity contribution in [3.05, 3.63) is 29.8 Å². The van der Waals surface area contributed by atoms with Crippen molar-refractivity contribution in [3.63, 3.8) is 0 Å². The smallest absolute Gasteiger partial charge is 0.251 e. The van der Waals surface area contributed by atoms with Crippen molar-refractivity contribution < 1.29 is 9.53 Å². The largest absolute Gasteiger partial charge is 0.497 e. The summed E-state index contributed by atoms with van der Waals surface area (Å²) in [5, 5.41) is 2.81. The molecule has 15 heavy (non-hydrogen) atoms. The van der Waals surface area contributed by atoms with Gasteiger partial charge in [-0.15, -0.1) is 0 Å². The fourth-order valence-electron chi connectivity index (χ4n) is 1.08. The monoisotopic (exact) mass is 271 g/mol. The number of halogens is 1. The summed E-state index contributed by atoms with van der Waals surface area (Å²) in [4.78, 5) is 11.9. The van der Waals surface area contributed by atoms with Gasteiger partial charge in [-0.05, 0) is 24.3 Å². The maximum Gasteiger partial charge on any atom is 0.251 e. The first kappa shape index (κ1) is 12.0. The minimum atomic E-state index is -0.0658. The van der Waals surface area contributed by atoms with Gasteiger partial charge in [-0.3, -0.25) is 4.79 Å². The minimum Gasteiger partial charge on any atom is -0.497 e. The normalized spacial score (nSPS) is 11.9. The van der Waals surface area contributed by atoms with Gasteiger partial charge < -0.3 is 10.1 Å². The Balaban J connectivity index is 2.58. The molecule has 0 radical (unpaired) electrons. The van der Waals surface area contributed by atoms with Gasteiger partial charge in [-0.25, -0.2) is 0 Å². The third kappa shape index (κ3) is 3.91. The highest BCUT2D eigenvalue weighted by atomic mass is 79.9. The molecular weight excluding hydrogens is 258 g/mol. The molecule has 1 aromatic carbocycles. The van der Waals surface area contributed by atoms with Gasteiger partial charge >= 0.3 is 0 Å². The van der Waals surface area contributed by atoms with E-state index < -0.39 is 0 Å². The van der Waals surface area contributed by atoms with E-state index in [2.05, 4.69) is 21.2 Å². The molecule has 82 valence electrons. The Kier molecular flexibility index (Phi) is 4.62. The average Bonchev–Trinajstić information content (AvgIpc) is 2.26. The predicted molar refractivity (Wildman–Crippen MR) is 63.7 cm³/mol. The first-order valence-electron chi connectivity index (χ1n) is 4.70. The number of carbonyl (C=O) groups excluding carboxylic acids is 1. The van der Waals surface area contributed by atoms with Gasteiger partial charge in [0.05, 0.1) is 7.11 Å². The lowest BCUT2D eigenvalue weighted by Crippen LogP contribution is -2.28. The number of ether oxygens (including phenoxy) is 1. The summed E-state index contributed by atoms with van der Waals surface area (Å²) in [6, 6.07) is 7.03. The van der Waals surface area contributed by atoms with Crippen LogP contribution in [0.25, 0.3) is 0 Å². The Hall–Kier alpha value is -1.03. The van der Waals surface area contributed by atoms with Crippen LogP contribution in [0.5, 0.6) is 5.75 Å². The zero-order chi connectivity index (χ0) is 11.3. The van der Waals surface area contributed by atoms with Crippen molar-refractivity contribution in [2.75, 3.05) is 13.7 Å². The summed E-state index contributed by atoms with van der Waals surface area (Å²) in [5.74, 6) is 0.685. The molecule has 1 rings (SSSR count). The Morgan fingerprint density at radius 1 is 1.47 bits per heavy atom. The van der Waals surface area contributed by atoms with E-state index >= 15 is 0 Å². The third-order valence-corrected chi connectivity index (χ3v) is 2.22. The first-order valence-corrected chi connectivity index (χ1v) is 5.61. The Morgan fingerprint density at radius 3 is 2.53 bits per heavy atom. The summed E-state index contributed by atoms with van der Waals surface area (Å²) >= 11 is 3.36. The maximum atomic E-state index is 11.6. The number of alkyl halides is 1. The number of benzene rings is 1. The number of nitrogens with one attached hydrogen (secondary N) is 1. The van der Waals surface area contributed by atoms with Crippen molar-refractivity contribution in [2.45, 2.75) is 11.8 Å². The number of carbonyl (C=O) groups is 1. The van der Waals surface area contributed by atoms with Gasteiger partial charge in [0.1, 0.15) is 5.75 Å². The first-order chi connectivity index (χ1) is 7.13. The molecule has 0 aromatic heterocycles. The molecule has 1 aromatic rings. The van der Waals surface area contributed by atoms with Crippen LogP contribution in [0.3, 0.4) is 0 Å². The molecule has 0 bridgehead atoms.